The molecule has 3 aromatic heterocycles. The van der Waals surface area contributed by atoms with E-state index in [1.165, 1.54) is 29.2 Å². The number of alkyl halides is 5. The summed E-state index contributed by atoms with van der Waals surface area (Å²) in [6.07, 6.45) is -2.91. The average molecular weight is 548 g/mol. The van der Waals surface area contributed by atoms with E-state index in [9.17, 15) is 26.7 Å². The monoisotopic (exact) mass is 547 g/mol. The number of benzene rings is 1. The highest BCUT2D eigenvalue weighted by atomic mass is 19.4. The Labute approximate surface area is 219 Å². The molecule has 0 aliphatic carbocycles. The summed E-state index contributed by atoms with van der Waals surface area (Å²) in [7, 11) is 0. The van der Waals surface area contributed by atoms with E-state index in [0.717, 1.165) is 25.7 Å². The molecule has 1 fully saturated rings. The second kappa shape index (κ2) is 10.7. The van der Waals surface area contributed by atoms with Crippen molar-refractivity contribution >= 4 is 16.6 Å². The summed E-state index contributed by atoms with van der Waals surface area (Å²) < 4.78 is 68.6. The minimum Gasteiger partial charge on any atom is -0.382 e. The number of piperidine rings is 1. The van der Waals surface area contributed by atoms with E-state index in [1.807, 2.05) is 0 Å². The number of likely N-dealkylation sites (tertiary alicyclic amines) is 1. The van der Waals surface area contributed by atoms with Gasteiger partial charge in [0.1, 0.15) is 11.5 Å². The molecule has 8 nitrogen and oxygen atoms in total. The first-order valence-corrected chi connectivity index (χ1v) is 12.5. The lowest BCUT2D eigenvalue weighted by atomic mass is 10.0. The van der Waals surface area contributed by atoms with E-state index in [1.54, 1.807) is 12.1 Å². The fourth-order valence-electron chi connectivity index (χ4n) is 4.72. The van der Waals surface area contributed by atoms with Crippen molar-refractivity contribution in [3.05, 3.63) is 75.7 Å². The van der Waals surface area contributed by atoms with Crippen molar-refractivity contribution in [1.82, 2.24) is 29.6 Å². The molecule has 206 valence electrons. The highest BCUT2D eigenvalue weighted by molar-refractivity contribution is 5.83. The lowest BCUT2D eigenvalue weighted by molar-refractivity contribution is -0.136. The third kappa shape index (κ3) is 5.92. The highest BCUT2D eigenvalue weighted by Gasteiger charge is 2.35. The SMILES string of the molecule is CCN1CCC(Nc2cc3nc(Cc4ccc(-n5ccc(C(F)F)n5)nc4)[nH]c(=O)c3cc2C(F)(F)F)CC1. The van der Waals surface area contributed by atoms with Crippen LogP contribution in [0.2, 0.25) is 0 Å². The van der Waals surface area contributed by atoms with Crippen molar-refractivity contribution in [3.8, 4) is 5.82 Å². The number of aromatic amines is 1. The number of aromatic nitrogens is 5. The van der Waals surface area contributed by atoms with Gasteiger partial charge in [0.05, 0.1) is 16.5 Å². The maximum atomic E-state index is 13.9. The van der Waals surface area contributed by atoms with E-state index < -0.39 is 23.7 Å². The van der Waals surface area contributed by atoms with Gasteiger partial charge in [-0.25, -0.2) is 23.4 Å². The molecule has 0 atom stereocenters. The molecule has 1 aromatic carbocycles. The summed E-state index contributed by atoms with van der Waals surface area (Å²) in [6, 6.07) is 6.48. The van der Waals surface area contributed by atoms with Gasteiger partial charge in [0.2, 0.25) is 0 Å². The standard InChI is InChI=1S/C26H26F5N7O/c1-2-37-8-5-16(6-9-37)33-21-13-20-17(12-18(21)26(29,30)31)25(39)35-22(34-20)11-15-3-4-23(32-14-15)38-10-7-19(36-38)24(27)28/h3-4,7,10,12-14,16,24,33H,2,5-6,8-9,11H2,1H3,(H,34,35,39). The van der Waals surface area contributed by atoms with Gasteiger partial charge in [-0.15, -0.1) is 0 Å². The van der Waals surface area contributed by atoms with E-state index >= 15 is 0 Å². The molecular weight excluding hydrogens is 521 g/mol. The van der Waals surface area contributed by atoms with Gasteiger partial charge in [-0.1, -0.05) is 13.0 Å². The molecule has 0 saturated carbocycles. The third-order valence-electron chi connectivity index (χ3n) is 6.84. The Hall–Kier alpha value is -3.87. The third-order valence-corrected chi connectivity index (χ3v) is 6.84. The quantitative estimate of drug-likeness (QED) is 0.319. The Bertz CT molecular complexity index is 1510. The molecule has 1 aliphatic heterocycles. The van der Waals surface area contributed by atoms with Crippen LogP contribution in [0.4, 0.5) is 27.6 Å². The molecule has 2 N–H and O–H groups in total. The fourth-order valence-corrected chi connectivity index (χ4v) is 4.72. The van der Waals surface area contributed by atoms with Crippen molar-refractivity contribution in [3.63, 3.8) is 0 Å². The zero-order valence-electron chi connectivity index (χ0n) is 21.0. The molecule has 4 aromatic rings. The number of H-pyrrole nitrogens is 1. The van der Waals surface area contributed by atoms with Crippen LogP contribution in [-0.4, -0.2) is 55.3 Å². The minimum atomic E-state index is -4.65. The molecule has 0 spiro atoms. The summed E-state index contributed by atoms with van der Waals surface area (Å²) in [4.78, 5) is 26.2. The molecule has 13 heteroatoms. The van der Waals surface area contributed by atoms with Gasteiger partial charge in [0.15, 0.2) is 5.82 Å². The zero-order valence-corrected chi connectivity index (χ0v) is 21.0. The number of halogens is 5. The van der Waals surface area contributed by atoms with Crippen LogP contribution in [0.1, 0.15) is 48.8 Å². The Morgan fingerprint density at radius 1 is 1.15 bits per heavy atom. The molecule has 0 unspecified atom stereocenters. The number of nitrogens with zero attached hydrogens (tertiary/aromatic N) is 5. The van der Waals surface area contributed by atoms with Gasteiger partial charge in [-0.2, -0.15) is 18.3 Å². The lowest BCUT2D eigenvalue weighted by Gasteiger charge is -2.32. The maximum absolute atomic E-state index is 13.9. The predicted octanol–water partition coefficient (Wildman–Crippen LogP) is 4.95. The van der Waals surface area contributed by atoms with Crippen molar-refractivity contribution in [2.75, 3.05) is 25.0 Å². The molecule has 39 heavy (non-hydrogen) atoms. The minimum absolute atomic E-state index is 0.0950. The van der Waals surface area contributed by atoms with Crippen molar-refractivity contribution < 1.29 is 22.0 Å². The molecule has 0 radical (unpaired) electrons. The second-order valence-electron chi connectivity index (χ2n) is 9.47. The molecule has 4 heterocycles. The van der Waals surface area contributed by atoms with Gasteiger partial charge in [-0.3, -0.25) is 4.79 Å². The fraction of sp³-hybridized carbons (Fsp3) is 0.385. The van der Waals surface area contributed by atoms with E-state index in [-0.39, 0.29) is 40.6 Å². The van der Waals surface area contributed by atoms with Crippen LogP contribution < -0.4 is 10.9 Å². The zero-order chi connectivity index (χ0) is 27.7. The van der Waals surface area contributed by atoms with Gasteiger partial charge in [-0.05, 0) is 49.2 Å². The van der Waals surface area contributed by atoms with Crippen molar-refractivity contribution in [1.29, 1.82) is 0 Å². The Kier molecular flexibility index (Phi) is 7.34. The first-order valence-electron chi connectivity index (χ1n) is 12.5. The Balaban J connectivity index is 1.41. The van der Waals surface area contributed by atoms with Crippen molar-refractivity contribution in [2.24, 2.45) is 0 Å². The molecule has 5 rings (SSSR count). The van der Waals surface area contributed by atoms with Gasteiger partial charge in [0.25, 0.3) is 12.0 Å². The topological polar surface area (TPSA) is 91.7 Å². The van der Waals surface area contributed by atoms with Gasteiger partial charge in [0, 0.05) is 43.6 Å². The van der Waals surface area contributed by atoms with E-state index in [0.29, 0.717) is 24.2 Å². The lowest BCUT2D eigenvalue weighted by Crippen LogP contribution is -2.39. The van der Waals surface area contributed by atoms with Crippen LogP contribution in [0.15, 0.2) is 47.5 Å². The number of hydrogen-bond acceptors (Lipinski definition) is 6. The highest BCUT2D eigenvalue weighted by Crippen LogP contribution is 2.37. The number of fused-ring (bicyclic) bond motifs is 1. The van der Waals surface area contributed by atoms with E-state index in [2.05, 4.69) is 37.2 Å². The summed E-state index contributed by atoms with van der Waals surface area (Å²) >= 11 is 0. The number of anilines is 1. The van der Waals surface area contributed by atoms with E-state index in [4.69, 9.17) is 0 Å². The van der Waals surface area contributed by atoms with Crippen LogP contribution in [0.5, 0.6) is 0 Å². The number of hydrogen-bond donors (Lipinski definition) is 2. The average Bonchev–Trinajstić information content (AvgIpc) is 3.39. The largest absolute Gasteiger partial charge is 0.418 e. The Morgan fingerprint density at radius 3 is 2.54 bits per heavy atom. The summed E-state index contributed by atoms with van der Waals surface area (Å²) in [5.74, 6) is 0.578. The van der Waals surface area contributed by atoms with Crippen LogP contribution >= 0.6 is 0 Å². The number of pyridine rings is 1. The smallest absolute Gasteiger partial charge is 0.382 e. The number of nitrogens with one attached hydrogen (secondary N) is 2. The summed E-state index contributed by atoms with van der Waals surface area (Å²) in [6.45, 7) is 4.54. The van der Waals surface area contributed by atoms with Crippen molar-refractivity contribution in [2.45, 2.75) is 44.8 Å². The predicted molar refractivity (Wildman–Crippen MR) is 135 cm³/mol. The molecule has 0 amide bonds. The van der Waals surface area contributed by atoms with Gasteiger partial charge < -0.3 is 15.2 Å². The second-order valence-corrected chi connectivity index (χ2v) is 9.47. The number of rotatable bonds is 7. The summed E-state index contributed by atoms with van der Waals surface area (Å²) in [5, 5.41) is 6.67. The molecular formula is C26H26F5N7O. The summed E-state index contributed by atoms with van der Waals surface area (Å²) in [5.41, 5.74) is -1.24. The molecule has 1 aliphatic rings. The Morgan fingerprint density at radius 2 is 1.92 bits per heavy atom. The maximum Gasteiger partial charge on any atom is 0.418 e. The van der Waals surface area contributed by atoms with Crippen LogP contribution in [0.25, 0.3) is 16.7 Å². The van der Waals surface area contributed by atoms with Crippen LogP contribution in [0, 0.1) is 0 Å². The first-order chi connectivity index (χ1) is 18.6. The molecule has 1 saturated heterocycles. The normalized spacial score (nSPS) is 15.4. The molecule has 0 bridgehead atoms. The van der Waals surface area contributed by atoms with Crippen LogP contribution in [-0.2, 0) is 12.6 Å². The van der Waals surface area contributed by atoms with Gasteiger partial charge >= 0.3 is 6.18 Å². The first kappa shape index (κ1) is 26.7. The van der Waals surface area contributed by atoms with Crippen LogP contribution in [0.3, 0.4) is 0 Å².